The molecule has 0 radical (unpaired) electrons. The van der Waals surface area contributed by atoms with Gasteiger partial charge in [0.05, 0.1) is 6.54 Å². The summed E-state index contributed by atoms with van der Waals surface area (Å²) in [6.45, 7) is 4.94. The Balaban J connectivity index is 0.00000243. The molecule has 0 saturated heterocycles. The molecule has 1 heterocycles. The number of anilines is 1. The highest BCUT2D eigenvalue weighted by atomic mass is 127. The van der Waals surface area contributed by atoms with Gasteiger partial charge in [-0.15, -0.1) is 24.0 Å². The molecule has 6 heteroatoms. The Bertz CT molecular complexity index is 607. The Labute approximate surface area is 180 Å². The third kappa shape index (κ3) is 5.68. The maximum atomic E-state index is 4.84. The zero-order valence-corrected chi connectivity index (χ0v) is 19.4. The second-order valence-corrected chi connectivity index (χ2v) is 8.33. The van der Waals surface area contributed by atoms with Crippen LogP contribution >= 0.6 is 35.7 Å². The lowest BCUT2D eigenvalue weighted by molar-refractivity contribution is 0.615. The molecule has 26 heavy (non-hydrogen) atoms. The van der Waals surface area contributed by atoms with Crippen LogP contribution < -0.4 is 15.5 Å². The van der Waals surface area contributed by atoms with Gasteiger partial charge in [0.2, 0.25) is 0 Å². The van der Waals surface area contributed by atoms with Crippen molar-refractivity contribution in [2.24, 2.45) is 4.99 Å². The number of hydrogen-bond donors (Lipinski definition) is 2. The van der Waals surface area contributed by atoms with Crippen LogP contribution in [0.15, 0.2) is 23.2 Å². The van der Waals surface area contributed by atoms with Gasteiger partial charge >= 0.3 is 0 Å². The lowest BCUT2D eigenvalue weighted by Crippen LogP contribution is -2.42. The largest absolute Gasteiger partial charge is 0.374 e. The van der Waals surface area contributed by atoms with Gasteiger partial charge in [0.15, 0.2) is 5.96 Å². The van der Waals surface area contributed by atoms with Gasteiger partial charge in [0.1, 0.15) is 0 Å². The van der Waals surface area contributed by atoms with Crippen molar-refractivity contribution in [3.63, 3.8) is 0 Å². The summed E-state index contributed by atoms with van der Waals surface area (Å²) in [7, 11) is 2.19. The summed E-state index contributed by atoms with van der Waals surface area (Å²) in [4.78, 5) is 7.20. The topological polar surface area (TPSA) is 39.7 Å². The molecule has 3 rings (SSSR count). The van der Waals surface area contributed by atoms with E-state index >= 15 is 0 Å². The number of nitrogens with zero attached hydrogens (tertiary/aromatic N) is 2. The number of fused-ring (bicyclic) bond motifs is 1. The summed E-state index contributed by atoms with van der Waals surface area (Å²) in [5.74, 6) is 0.962. The quantitative estimate of drug-likeness (QED) is 0.373. The number of aliphatic imine (C=N–C) groups is 1. The van der Waals surface area contributed by atoms with E-state index in [9.17, 15) is 0 Å². The van der Waals surface area contributed by atoms with Crippen molar-refractivity contribution < 1.29 is 0 Å². The summed E-state index contributed by atoms with van der Waals surface area (Å²) in [6.07, 6.45) is 8.47. The molecule has 0 aromatic heterocycles. The maximum Gasteiger partial charge on any atom is 0.191 e. The van der Waals surface area contributed by atoms with Gasteiger partial charge in [-0.1, -0.05) is 12.1 Å². The number of halogens is 1. The van der Waals surface area contributed by atoms with Gasteiger partial charge in [-0.2, -0.15) is 11.8 Å². The molecule has 1 aliphatic heterocycles. The molecule has 1 aliphatic carbocycles. The third-order valence-electron chi connectivity index (χ3n) is 5.32. The number of rotatable bonds is 5. The Kier molecular flexibility index (Phi) is 8.87. The first-order valence-electron chi connectivity index (χ1n) is 9.60. The molecular weight excluding hydrogens is 455 g/mol. The lowest BCUT2D eigenvalue weighted by Gasteiger charge is -2.27. The van der Waals surface area contributed by atoms with E-state index in [-0.39, 0.29) is 24.0 Å². The van der Waals surface area contributed by atoms with Gasteiger partial charge < -0.3 is 15.5 Å². The molecule has 4 nitrogen and oxygen atoms in total. The first-order chi connectivity index (χ1) is 12.2. The Hall–Kier alpha value is -0.630. The average molecular weight is 488 g/mol. The smallest absolute Gasteiger partial charge is 0.191 e. The summed E-state index contributed by atoms with van der Waals surface area (Å²) < 4.78 is 0. The Morgan fingerprint density at radius 1 is 1.35 bits per heavy atom. The summed E-state index contributed by atoms with van der Waals surface area (Å²) in [5, 5.41) is 7.85. The zero-order chi connectivity index (χ0) is 17.6. The monoisotopic (exact) mass is 488 g/mol. The molecule has 0 amide bonds. The first kappa shape index (κ1) is 21.7. The second kappa shape index (κ2) is 10.6. The number of hydrogen-bond acceptors (Lipinski definition) is 3. The predicted molar refractivity (Wildman–Crippen MR) is 126 cm³/mol. The standard InChI is InChI=1S/C20H32N4S.HI/c1-4-21-20(23-17-8-9-18(13-17)25-3)22-14-15-7-10-19-16(12-15)6-5-11-24(19)2;/h7,10,12,17-18H,4-6,8-9,11,13-14H2,1-3H3,(H2,21,22,23);1H. The van der Waals surface area contributed by atoms with Gasteiger partial charge in [-0.25, -0.2) is 4.99 Å². The van der Waals surface area contributed by atoms with Gasteiger partial charge in [0.25, 0.3) is 0 Å². The second-order valence-electron chi connectivity index (χ2n) is 7.20. The molecule has 2 atom stereocenters. The van der Waals surface area contributed by atoms with E-state index in [1.807, 2.05) is 11.8 Å². The van der Waals surface area contributed by atoms with Crippen LogP contribution in [-0.4, -0.2) is 43.6 Å². The minimum absolute atomic E-state index is 0. The normalized spacial score (nSPS) is 22.6. The van der Waals surface area contributed by atoms with Crippen LogP contribution in [0.25, 0.3) is 0 Å². The van der Waals surface area contributed by atoms with E-state index in [0.717, 1.165) is 30.8 Å². The summed E-state index contributed by atoms with van der Waals surface area (Å²) in [6, 6.07) is 7.40. The van der Waals surface area contributed by atoms with E-state index in [0.29, 0.717) is 6.04 Å². The van der Waals surface area contributed by atoms with Crippen LogP contribution in [0, 0.1) is 0 Å². The van der Waals surface area contributed by atoms with E-state index in [1.54, 1.807) is 0 Å². The number of guanidine groups is 1. The van der Waals surface area contributed by atoms with Crippen LogP contribution in [-0.2, 0) is 13.0 Å². The molecular formula is C20H33IN4S. The van der Waals surface area contributed by atoms with Gasteiger partial charge in [-0.05, 0) is 62.5 Å². The van der Waals surface area contributed by atoms with Crippen molar-refractivity contribution in [1.82, 2.24) is 10.6 Å². The van der Waals surface area contributed by atoms with Crippen molar-refractivity contribution >= 4 is 47.4 Å². The fourth-order valence-corrected chi connectivity index (χ4v) is 4.70. The molecule has 0 spiro atoms. The highest BCUT2D eigenvalue weighted by Gasteiger charge is 2.24. The molecule has 1 aromatic carbocycles. The van der Waals surface area contributed by atoms with E-state index in [4.69, 9.17) is 4.99 Å². The Morgan fingerprint density at radius 2 is 2.19 bits per heavy atom. The molecule has 1 fully saturated rings. The highest BCUT2D eigenvalue weighted by Crippen LogP contribution is 2.28. The van der Waals surface area contributed by atoms with Crippen LogP contribution in [0.4, 0.5) is 5.69 Å². The number of thioether (sulfide) groups is 1. The number of nitrogens with one attached hydrogen (secondary N) is 2. The molecule has 1 aromatic rings. The summed E-state index contributed by atoms with van der Waals surface area (Å²) >= 11 is 2.00. The van der Waals surface area contributed by atoms with Gasteiger partial charge in [0, 0.05) is 37.1 Å². The summed E-state index contributed by atoms with van der Waals surface area (Å²) in [5.41, 5.74) is 4.16. The van der Waals surface area contributed by atoms with Crippen molar-refractivity contribution in [1.29, 1.82) is 0 Å². The maximum absolute atomic E-state index is 4.84. The number of benzene rings is 1. The Morgan fingerprint density at radius 3 is 2.92 bits per heavy atom. The van der Waals surface area contributed by atoms with Crippen molar-refractivity contribution in [2.45, 2.75) is 56.9 Å². The minimum Gasteiger partial charge on any atom is -0.374 e. The molecule has 2 unspecified atom stereocenters. The van der Waals surface area contributed by atoms with E-state index < -0.39 is 0 Å². The fraction of sp³-hybridized carbons (Fsp3) is 0.650. The number of aryl methyl sites for hydroxylation is 1. The van der Waals surface area contributed by atoms with E-state index in [2.05, 4.69) is 54.0 Å². The van der Waals surface area contributed by atoms with Crippen LogP contribution in [0.3, 0.4) is 0 Å². The third-order valence-corrected chi connectivity index (χ3v) is 6.41. The SMILES string of the molecule is CCNC(=NCc1ccc2c(c1)CCCN2C)NC1CCC(SC)C1.I. The molecule has 0 bridgehead atoms. The zero-order valence-electron chi connectivity index (χ0n) is 16.3. The average Bonchev–Trinajstić information content (AvgIpc) is 3.07. The van der Waals surface area contributed by atoms with E-state index in [1.165, 1.54) is 48.9 Å². The van der Waals surface area contributed by atoms with Crippen LogP contribution in [0.5, 0.6) is 0 Å². The van der Waals surface area contributed by atoms with Crippen LogP contribution in [0.1, 0.15) is 43.7 Å². The first-order valence-corrected chi connectivity index (χ1v) is 10.9. The predicted octanol–water partition coefficient (Wildman–Crippen LogP) is 4.03. The fourth-order valence-electron chi connectivity index (χ4n) is 3.91. The highest BCUT2D eigenvalue weighted by molar-refractivity contribution is 14.0. The van der Waals surface area contributed by atoms with Crippen molar-refractivity contribution in [2.75, 3.05) is 31.3 Å². The van der Waals surface area contributed by atoms with Crippen molar-refractivity contribution in [3.8, 4) is 0 Å². The molecule has 2 N–H and O–H groups in total. The lowest BCUT2D eigenvalue weighted by atomic mass is 10.00. The van der Waals surface area contributed by atoms with Crippen LogP contribution in [0.2, 0.25) is 0 Å². The molecule has 1 saturated carbocycles. The van der Waals surface area contributed by atoms with Crippen molar-refractivity contribution in [3.05, 3.63) is 29.3 Å². The molecule has 2 aliphatic rings. The van der Waals surface area contributed by atoms with Gasteiger partial charge in [-0.3, -0.25) is 0 Å². The molecule has 146 valence electrons. The minimum atomic E-state index is 0.